The van der Waals surface area contributed by atoms with Crippen LogP contribution in [0.25, 0.3) is 0 Å². The van der Waals surface area contributed by atoms with Crippen LogP contribution in [0.1, 0.15) is 10.4 Å². The number of carbonyl (C=O) groups is 2. The predicted octanol–water partition coefficient (Wildman–Crippen LogP) is 3.09. The Morgan fingerprint density at radius 1 is 1.10 bits per heavy atom. The summed E-state index contributed by atoms with van der Waals surface area (Å²) in [4.78, 5) is 28.6. The van der Waals surface area contributed by atoms with Gasteiger partial charge in [-0.05, 0) is 24.3 Å². The summed E-state index contributed by atoms with van der Waals surface area (Å²) in [5.41, 5.74) is 7.13. The summed E-state index contributed by atoms with van der Waals surface area (Å²) in [6, 6.07) is 10.4. The molecule has 3 rings (SSSR count). The van der Waals surface area contributed by atoms with E-state index < -0.39 is 5.97 Å². The molecule has 0 radical (unpaired) electrons. The third-order valence-corrected chi connectivity index (χ3v) is 5.23. The van der Waals surface area contributed by atoms with Gasteiger partial charge in [0.15, 0.2) is 6.61 Å². The molecule has 1 amide bonds. The number of anilines is 2. The number of hydrogen-bond acceptors (Lipinski definition) is 6. The fourth-order valence-electron chi connectivity index (χ4n) is 3.08. The minimum Gasteiger partial charge on any atom is -0.496 e. The quantitative estimate of drug-likeness (QED) is 0.571. The number of esters is 1. The number of rotatable bonds is 5. The summed E-state index contributed by atoms with van der Waals surface area (Å²) in [6.07, 6.45) is 0. The number of nitrogen functional groups attached to an aromatic ring is 1. The summed E-state index contributed by atoms with van der Waals surface area (Å²) < 4.78 is 10.3. The summed E-state index contributed by atoms with van der Waals surface area (Å²) in [5.74, 6) is -0.723. The molecule has 9 heteroatoms. The molecule has 1 fully saturated rings. The lowest BCUT2D eigenvalue weighted by Gasteiger charge is -2.36. The zero-order valence-corrected chi connectivity index (χ0v) is 17.4. The van der Waals surface area contributed by atoms with E-state index >= 15 is 0 Å². The molecule has 1 heterocycles. The van der Waals surface area contributed by atoms with Gasteiger partial charge < -0.3 is 25.0 Å². The van der Waals surface area contributed by atoms with E-state index in [1.54, 1.807) is 4.90 Å². The molecular formula is C20H21Cl2N3O4. The van der Waals surface area contributed by atoms with Crippen molar-refractivity contribution in [2.45, 2.75) is 0 Å². The van der Waals surface area contributed by atoms with Crippen LogP contribution < -0.4 is 15.4 Å². The van der Waals surface area contributed by atoms with Gasteiger partial charge in [0.25, 0.3) is 5.91 Å². The van der Waals surface area contributed by atoms with Crippen LogP contribution in [0.3, 0.4) is 0 Å². The molecule has 0 atom stereocenters. The van der Waals surface area contributed by atoms with Gasteiger partial charge in [-0.2, -0.15) is 0 Å². The summed E-state index contributed by atoms with van der Waals surface area (Å²) >= 11 is 12.0. The van der Waals surface area contributed by atoms with Gasteiger partial charge in [0.05, 0.1) is 17.8 Å². The Balaban J connectivity index is 1.54. The number of hydrogen-bond donors (Lipinski definition) is 1. The Kier molecular flexibility index (Phi) is 6.71. The van der Waals surface area contributed by atoms with E-state index in [1.165, 1.54) is 19.2 Å². The highest BCUT2D eigenvalue weighted by Gasteiger charge is 2.23. The number of benzene rings is 2. The van der Waals surface area contributed by atoms with Crippen molar-refractivity contribution in [1.82, 2.24) is 4.90 Å². The lowest BCUT2D eigenvalue weighted by molar-refractivity contribution is -0.134. The van der Waals surface area contributed by atoms with Gasteiger partial charge >= 0.3 is 5.97 Å². The maximum absolute atomic E-state index is 12.4. The Morgan fingerprint density at radius 2 is 1.83 bits per heavy atom. The molecule has 1 saturated heterocycles. The monoisotopic (exact) mass is 437 g/mol. The van der Waals surface area contributed by atoms with E-state index in [9.17, 15) is 9.59 Å². The highest BCUT2D eigenvalue weighted by atomic mass is 35.5. The average molecular weight is 438 g/mol. The Morgan fingerprint density at radius 3 is 2.48 bits per heavy atom. The van der Waals surface area contributed by atoms with Crippen molar-refractivity contribution in [2.24, 2.45) is 0 Å². The summed E-state index contributed by atoms with van der Waals surface area (Å²) in [7, 11) is 1.41. The van der Waals surface area contributed by atoms with E-state index in [1.807, 2.05) is 24.3 Å². The summed E-state index contributed by atoms with van der Waals surface area (Å²) in [5, 5.41) is 0.882. The first kappa shape index (κ1) is 21.1. The Bertz CT molecular complexity index is 915. The maximum atomic E-state index is 12.4. The van der Waals surface area contributed by atoms with Gasteiger partial charge in [-0.15, -0.1) is 0 Å². The van der Waals surface area contributed by atoms with Crippen LogP contribution in [0.2, 0.25) is 10.0 Å². The molecule has 29 heavy (non-hydrogen) atoms. The van der Waals surface area contributed by atoms with Gasteiger partial charge in [-0.1, -0.05) is 29.3 Å². The molecule has 0 saturated carbocycles. The van der Waals surface area contributed by atoms with Gasteiger partial charge in [0, 0.05) is 43.0 Å². The second-order valence-corrected chi connectivity index (χ2v) is 7.34. The molecule has 0 spiro atoms. The highest BCUT2D eigenvalue weighted by molar-refractivity contribution is 6.33. The first-order chi connectivity index (χ1) is 13.9. The lowest BCUT2D eigenvalue weighted by Crippen LogP contribution is -2.49. The molecule has 154 valence electrons. The SMILES string of the molecule is COc1cc(N)c(Cl)cc1C(=O)OCC(=O)N1CCN(c2cccc(Cl)c2)CC1. The van der Waals surface area contributed by atoms with Crippen LogP contribution in [0.4, 0.5) is 11.4 Å². The second kappa shape index (κ2) is 9.24. The van der Waals surface area contributed by atoms with E-state index in [4.69, 9.17) is 38.4 Å². The van der Waals surface area contributed by atoms with Gasteiger partial charge in [-0.25, -0.2) is 4.79 Å². The Labute approximate surface area is 178 Å². The van der Waals surface area contributed by atoms with Crippen molar-refractivity contribution in [3.8, 4) is 5.75 Å². The van der Waals surface area contributed by atoms with Gasteiger partial charge in [0.1, 0.15) is 11.3 Å². The predicted molar refractivity (Wildman–Crippen MR) is 113 cm³/mol. The van der Waals surface area contributed by atoms with Gasteiger partial charge in [0.2, 0.25) is 0 Å². The van der Waals surface area contributed by atoms with E-state index in [0.29, 0.717) is 31.2 Å². The third-order valence-electron chi connectivity index (χ3n) is 4.67. The molecule has 0 bridgehead atoms. The standard InChI is InChI=1S/C20H21Cl2N3O4/c1-28-18-11-17(23)16(22)10-15(18)20(27)29-12-19(26)25-7-5-24(6-8-25)14-4-2-3-13(21)9-14/h2-4,9-11H,5-8,12,23H2,1H3. The molecule has 0 aliphatic carbocycles. The molecule has 2 aromatic carbocycles. The lowest BCUT2D eigenvalue weighted by atomic mass is 10.2. The molecule has 0 aromatic heterocycles. The van der Waals surface area contributed by atoms with Crippen LogP contribution in [0.5, 0.6) is 5.75 Å². The smallest absolute Gasteiger partial charge is 0.342 e. The van der Waals surface area contributed by atoms with Crippen LogP contribution in [0.15, 0.2) is 36.4 Å². The minimum atomic E-state index is -0.699. The molecule has 1 aliphatic rings. The number of ether oxygens (including phenoxy) is 2. The number of piperazine rings is 1. The van der Waals surface area contributed by atoms with Crippen molar-refractivity contribution in [3.05, 3.63) is 52.0 Å². The largest absolute Gasteiger partial charge is 0.496 e. The first-order valence-corrected chi connectivity index (χ1v) is 9.73. The fraction of sp³-hybridized carbons (Fsp3) is 0.300. The van der Waals surface area contributed by atoms with Gasteiger partial charge in [-0.3, -0.25) is 4.79 Å². The average Bonchev–Trinajstić information content (AvgIpc) is 2.73. The topological polar surface area (TPSA) is 85.1 Å². The van der Waals surface area contributed by atoms with Crippen molar-refractivity contribution >= 4 is 46.5 Å². The third kappa shape index (κ3) is 5.05. The number of amides is 1. The highest BCUT2D eigenvalue weighted by Crippen LogP contribution is 2.29. The maximum Gasteiger partial charge on any atom is 0.342 e. The summed E-state index contributed by atoms with van der Waals surface area (Å²) in [6.45, 7) is 2.03. The molecular weight excluding hydrogens is 417 g/mol. The Hall–Kier alpha value is -2.64. The number of nitrogens with zero attached hydrogens (tertiary/aromatic N) is 2. The van der Waals surface area contributed by atoms with Crippen molar-refractivity contribution in [1.29, 1.82) is 0 Å². The van der Waals surface area contributed by atoms with Crippen LogP contribution in [-0.4, -0.2) is 56.7 Å². The van der Waals surface area contributed by atoms with E-state index in [-0.39, 0.29) is 34.5 Å². The molecule has 0 unspecified atom stereocenters. The van der Waals surface area contributed by atoms with Crippen molar-refractivity contribution < 1.29 is 19.1 Å². The van der Waals surface area contributed by atoms with E-state index in [0.717, 1.165) is 5.69 Å². The second-order valence-electron chi connectivity index (χ2n) is 6.50. The minimum absolute atomic E-state index is 0.116. The first-order valence-electron chi connectivity index (χ1n) is 8.97. The molecule has 2 aromatic rings. The number of halogens is 2. The number of methoxy groups -OCH3 is 1. The van der Waals surface area contributed by atoms with Crippen LogP contribution >= 0.6 is 23.2 Å². The zero-order chi connectivity index (χ0) is 21.0. The van der Waals surface area contributed by atoms with Crippen molar-refractivity contribution in [3.63, 3.8) is 0 Å². The number of carbonyl (C=O) groups excluding carboxylic acids is 2. The molecule has 2 N–H and O–H groups in total. The van der Waals surface area contributed by atoms with Crippen LogP contribution in [0, 0.1) is 0 Å². The number of nitrogens with two attached hydrogens (primary N) is 1. The van der Waals surface area contributed by atoms with Crippen molar-refractivity contribution in [2.75, 3.05) is 50.5 Å². The molecule has 7 nitrogen and oxygen atoms in total. The fourth-order valence-corrected chi connectivity index (χ4v) is 3.43. The zero-order valence-electron chi connectivity index (χ0n) is 15.9. The van der Waals surface area contributed by atoms with Crippen LogP contribution in [-0.2, 0) is 9.53 Å². The molecule has 1 aliphatic heterocycles. The normalized spacial score (nSPS) is 13.9. The van der Waals surface area contributed by atoms with E-state index in [2.05, 4.69) is 4.90 Å².